The largest absolute Gasteiger partial charge is 0.379 e. The lowest BCUT2D eigenvalue weighted by molar-refractivity contribution is -0.0229. The minimum absolute atomic E-state index is 0.308. The Morgan fingerprint density at radius 1 is 0.938 bits per heavy atom. The molecule has 0 amide bonds. The fourth-order valence-corrected chi connectivity index (χ4v) is 2.58. The number of hydrogen-bond donors (Lipinski definition) is 0. The second kappa shape index (κ2) is 6.61. The van der Waals surface area contributed by atoms with E-state index in [1.807, 2.05) is 13.8 Å². The monoisotopic (exact) mass is 229 g/mol. The minimum atomic E-state index is 0.308. The predicted molar refractivity (Wildman–Crippen MR) is 71.9 cm³/mol. The highest BCUT2D eigenvalue weighted by atomic mass is 16.5. The summed E-state index contributed by atoms with van der Waals surface area (Å²) in [4.78, 5) is 2.56. The maximum absolute atomic E-state index is 5.38. The summed E-state index contributed by atoms with van der Waals surface area (Å²) in [5, 5.41) is 0. The van der Waals surface area contributed by atoms with Crippen molar-refractivity contribution in [1.29, 1.82) is 0 Å². The number of nitrogens with zero attached hydrogens (tertiary/aromatic N) is 1. The van der Waals surface area contributed by atoms with Crippen LogP contribution in [-0.2, 0) is 4.74 Å². The fourth-order valence-electron chi connectivity index (χ4n) is 2.58. The lowest BCUT2D eigenvalue weighted by atomic mass is 9.80. The van der Waals surface area contributed by atoms with Crippen LogP contribution in [0.4, 0.5) is 0 Å². The molecule has 0 saturated carbocycles. The van der Waals surface area contributed by atoms with Crippen LogP contribution in [0.5, 0.6) is 0 Å². The Hall–Kier alpha value is -0.0800. The topological polar surface area (TPSA) is 12.5 Å². The average Bonchev–Trinajstić information content (AvgIpc) is 2.19. The first-order chi connectivity index (χ1) is 7.31. The van der Waals surface area contributed by atoms with Gasteiger partial charge in [-0.1, -0.05) is 34.6 Å². The molecule has 0 atom stereocenters. The van der Waals surface area contributed by atoms with Crippen molar-refractivity contribution < 1.29 is 4.74 Å². The van der Waals surface area contributed by atoms with Crippen LogP contribution in [0.25, 0.3) is 0 Å². The van der Waals surface area contributed by atoms with Crippen LogP contribution in [0.3, 0.4) is 0 Å². The molecular formula is C14H31NO. The van der Waals surface area contributed by atoms with Crippen LogP contribution < -0.4 is 0 Å². The summed E-state index contributed by atoms with van der Waals surface area (Å²) in [6, 6.07) is 0. The molecule has 1 heterocycles. The number of morpholine rings is 1. The molecule has 0 radical (unpaired) electrons. The van der Waals surface area contributed by atoms with Gasteiger partial charge < -0.3 is 4.74 Å². The van der Waals surface area contributed by atoms with Crippen molar-refractivity contribution in [1.82, 2.24) is 4.90 Å². The van der Waals surface area contributed by atoms with E-state index in [1.165, 1.54) is 6.42 Å². The maximum Gasteiger partial charge on any atom is 0.0594 e. The standard InChI is InChI=1S/C12H25NO.C2H6/c1-11(2,3)10-12(4,5)13-6-8-14-9-7-13;1-2/h6-10H2,1-5H3;1-2H3. The summed E-state index contributed by atoms with van der Waals surface area (Å²) in [6.07, 6.45) is 1.24. The average molecular weight is 229 g/mol. The molecule has 1 fully saturated rings. The first-order valence-electron chi connectivity index (χ1n) is 6.64. The zero-order valence-electron chi connectivity index (χ0n) is 12.4. The molecule has 0 spiro atoms. The van der Waals surface area contributed by atoms with E-state index >= 15 is 0 Å². The molecule has 0 unspecified atom stereocenters. The van der Waals surface area contributed by atoms with Crippen molar-refractivity contribution in [2.75, 3.05) is 26.3 Å². The summed E-state index contributed by atoms with van der Waals surface area (Å²) >= 11 is 0. The summed E-state index contributed by atoms with van der Waals surface area (Å²) in [5.41, 5.74) is 0.712. The van der Waals surface area contributed by atoms with Gasteiger partial charge in [0, 0.05) is 18.6 Å². The van der Waals surface area contributed by atoms with E-state index in [0.29, 0.717) is 11.0 Å². The number of rotatable bonds is 2. The van der Waals surface area contributed by atoms with Gasteiger partial charge in [-0.25, -0.2) is 0 Å². The summed E-state index contributed by atoms with van der Waals surface area (Å²) in [6.45, 7) is 19.6. The highest BCUT2D eigenvalue weighted by Crippen LogP contribution is 2.31. The van der Waals surface area contributed by atoms with Crippen molar-refractivity contribution in [2.24, 2.45) is 5.41 Å². The smallest absolute Gasteiger partial charge is 0.0594 e. The Balaban J connectivity index is 0.00000106. The molecule has 0 N–H and O–H groups in total. The first-order valence-corrected chi connectivity index (χ1v) is 6.64. The second-order valence-electron chi connectivity index (χ2n) is 6.15. The molecule has 0 aromatic carbocycles. The molecule has 98 valence electrons. The van der Waals surface area contributed by atoms with Gasteiger partial charge in [-0.3, -0.25) is 4.90 Å². The SMILES string of the molecule is CC.CC(C)(C)CC(C)(C)N1CCOCC1. The van der Waals surface area contributed by atoms with E-state index in [2.05, 4.69) is 39.5 Å². The van der Waals surface area contributed by atoms with Crippen LogP contribution >= 0.6 is 0 Å². The summed E-state index contributed by atoms with van der Waals surface area (Å²) < 4.78 is 5.38. The van der Waals surface area contributed by atoms with Gasteiger partial charge in [0.1, 0.15) is 0 Å². The molecule has 0 aromatic heterocycles. The lowest BCUT2D eigenvalue weighted by Gasteiger charge is -2.44. The van der Waals surface area contributed by atoms with Crippen LogP contribution in [0, 0.1) is 5.41 Å². The summed E-state index contributed by atoms with van der Waals surface area (Å²) in [5.74, 6) is 0. The quantitative estimate of drug-likeness (QED) is 0.718. The van der Waals surface area contributed by atoms with E-state index < -0.39 is 0 Å². The molecule has 1 saturated heterocycles. The normalized spacial score (nSPS) is 18.9. The van der Waals surface area contributed by atoms with Gasteiger partial charge in [-0.15, -0.1) is 0 Å². The highest BCUT2D eigenvalue weighted by Gasteiger charge is 2.32. The molecule has 2 nitrogen and oxygen atoms in total. The van der Waals surface area contributed by atoms with Gasteiger partial charge in [-0.05, 0) is 25.7 Å². The van der Waals surface area contributed by atoms with E-state index in [-0.39, 0.29) is 0 Å². The number of ether oxygens (including phenoxy) is 1. The van der Waals surface area contributed by atoms with Crippen molar-refractivity contribution >= 4 is 0 Å². The first kappa shape index (κ1) is 15.9. The van der Waals surface area contributed by atoms with Gasteiger partial charge in [-0.2, -0.15) is 0 Å². The number of hydrogen-bond acceptors (Lipinski definition) is 2. The van der Waals surface area contributed by atoms with E-state index in [1.54, 1.807) is 0 Å². The second-order valence-corrected chi connectivity index (χ2v) is 6.15. The van der Waals surface area contributed by atoms with Crippen LogP contribution in [0.1, 0.15) is 54.9 Å². The van der Waals surface area contributed by atoms with Crippen molar-refractivity contribution in [2.45, 2.75) is 60.4 Å². The van der Waals surface area contributed by atoms with Gasteiger partial charge in [0.15, 0.2) is 0 Å². The third-order valence-electron chi connectivity index (χ3n) is 2.83. The van der Waals surface area contributed by atoms with E-state index in [9.17, 15) is 0 Å². The molecule has 1 aliphatic rings. The van der Waals surface area contributed by atoms with Crippen LogP contribution in [0.2, 0.25) is 0 Å². The molecule has 2 heteroatoms. The molecule has 0 aliphatic carbocycles. The molecule has 1 aliphatic heterocycles. The Kier molecular flexibility index (Phi) is 6.57. The minimum Gasteiger partial charge on any atom is -0.379 e. The lowest BCUT2D eigenvalue weighted by Crippen LogP contribution is -2.51. The third-order valence-corrected chi connectivity index (χ3v) is 2.83. The highest BCUT2D eigenvalue weighted by molar-refractivity contribution is 4.87. The Morgan fingerprint density at radius 3 is 1.75 bits per heavy atom. The van der Waals surface area contributed by atoms with Crippen molar-refractivity contribution in [3.63, 3.8) is 0 Å². The molecule has 16 heavy (non-hydrogen) atoms. The maximum atomic E-state index is 5.38. The van der Waals surface area contributed by atoms with Gasteiger partial charge >= 0.3 is 0 Å². The van der Waals surface area contributed by atoms with Gasteiger partial charge in [0.2, 0.25) is 0 Å². The molecule has 0 bridgehead atoms. The Morgan fingerprint density at radius 2 is 1.38 bits per heavy atom. The fraction of sp³-hybridized carbons (Fsp3) is 1.00. The van der Waals surface area contributed by atoms with Crippen molar-refractivity contribution in [3.8, 4) is 0 Å². The zero-order chi connectivity index (χ0) is 12.8. The van der Waals surface area contributed by atoms with E-state index in [4.69, 9.17) is 4.74 Å². The molecular weight excluding hydrogens is 198 g/mol. The Labute approximate surface area is 102 Å². The molecule has 1 rings (SSSR count). The van der Waals surface area contributed by atoms with E-state index in [0.717, 1.165) is 26.3 Å². The van der Waals surface area contributed by atoms with Gasteiger partial charge in [0.25, 0.3) is 0 Å². The molecule has 0 aromatic rings. The third kappa shape index (κ3) is 5.86. The van der Waals surface area contributed by atoms with Gasteiger partial charge in [0.05, 0.1) is 13.2 Å². The predicted octanol–water partition coefficient (Wildman–Crippen LogP) is 3.56. The zero-order valence-corrected chi connectivity index (χ0v) is 12.4. The Bertz CT molecular complexity index is 176. The van der Waals surface area contributed by atoms with Crippen LogP contribution in [0.15, 0.2) is 0 Å². The van der Waals surface area contributed by atoms with Crippen LogP contribution in [-0.4, -0.2) is 36.7 Å². The summed E-state index contributed by atoms with van der Waals surface area (Å²) in [7, 11) is 0. The van der Waals surface area contributed by atoms with Crippen molar-refractivity contribution in [3.05, 3.63) is 0 Å².